The van der Waals surface area contributed by atoms with Gasteiger partial charge in [0.2, 0.25) is 0 Å². The van der Waals surface area contributed by atoms with Gasteiger partial charge in [-0.1, -0.05) is 61.5 Å². The molecule has 3 rings (SSSR count). The third-order valence-corrected chi connectivity index (χ3v) is 5.46. The summed E-state index contributed by atoms with van der Waals surface area (Å²) in [6, 6.07) is 10.5. The Bertz CT molecular complexity index is 1020. The molecule has 4 amide bonds. The van der Waals surface area contributed by atoms with E-state index >= 15 is 0 Å². The number of amides is 4. The molecule has 1 heterocycles. The SMILES string of the molecule is CCCCCCOc1ccc(/C=C2/C(=O)NC(=O)N(c3ccc(Cl)c(Cl)c3)C2=O)cc1. The van der Waals surface area contributed by atoms with Gasteiger partial charge in [-0.15, -0.1) is 0 Å². The largest absolute Gasteiger partial charge is 0.494 e. The molecule has 1 aliphatic rings. The van der Waals surface area contributed by atoms with Crippen molar-refractivity contribution in [3.8, 4) is 5.75 Å². The van der Waals surface area contributed by atoms with Gasteiger partial charge in [0.15, 0.2) is 0 Å². The summed E-state index contributed by atoms with van der Waals surface area (Å²) in [7, 11) is 0. The molecule has 0 aliphatic carbocycles. The van der Waals surface area contributed by atoms with Crippen LogP contribution in [0, 0.1) is 0 Å². The van der Waals surface area contributed by atoms with E-state index in [-0.39, 0.29) is 21.3 Å². The number of hydrogen-bond donors (Lipinski definition) is 1. The summed E-state index contributed by atoms with van der Waals surface area (Å²) in [5.74, 6) is -0.795. The summed E-state index contributed by atoms with van der Waals surface area (Å²) in [5.41, 5.74) is 0.668. The zero-order chi connectivity index (χ0) is 22.4. The van der Waals surface area contributed by atoms with E-state index in [1.807, 2.05) is 0 Å². The van der Waals surface area contributed by atoms with Gasteiger partial charge in [-0.2, -0.15) is 0 Å². The average molecular weight is 461 g/mol. The molecule has 0 aromatic heterocycles. The highest BCUT2D eigenvalue weighted by molar-refractivity contribution is 6.43. The van der Waals surface area contributed by atoms with Crippen LogP contribution in [0.2, 0.25) is 10.0 Å². The number of imide groups is 2. The van der Waals surface area contributed by atoms with Gasteiger partial charge in [0.25, 0.3) is 11.8 Å². The molecule has 8 heteroatoms. The molecule has 0 radical (unpaired) electrons. The molecule has 1 N–H and O–H groups in total. The van der Waals surface area contributed by atoms with Crippen LogP contribution in [0.4, 0.5) is 10.5 Å². The smallest absolute Gasteiger partial charge is 0.335 e. The number of nitrogens with one attached hydrogen (secondary N) is 1. The van der Waals surface area contributed by atoms with Crippen LogP contribution < -0.4 is 15.0 Å². The monoisotopic (exact) mass is 460 g/mol. The zero-order valence-corrected chi connectivity index (χ0v) is 18.5. The first kappa shape index (κ1) is 22.8. The molecule has 31 heavy (non-hydrogen) atoms. The predicted octanol–water partition coefficient (Wildman–Crippen LogP) is 5.62. The lowest BCUT2D eigenvalue weighted by Crippen LogP contribution is -2.54. The summed E-state index contributed by atoms with van der Waals surface area (Å²) < 4.78 is 5.71. The maximum atomic E-state index is 12.9. The number of rotatable bonds is 8. The van der Waals surface area contributed by atoms with E-state index in [4.69, 9.17) is 27.9 Å². The van der Waals surface area contributed by atoms with Crippen molar-refractivity contribution in [1.29, 1.82) is 0 Å². The molecule has 6 nitrogen and oxygen atoms in total. The van der Waals surface area contributed by atoms with Gasteiger partial charge in [-0.3, -0.25) is 14.9 Å². The number of carbonyl (C=O) groups is 3. The van der Waals surface area contributed by atoms with Crippen LogP contribution in [0.15, 0.2) is 48.0 Å². The number of urea groups is 1. The predicted molar refractivity (Wildman–Crippen MR) is 122 cm³/mol. The Kier molecular flexibility index (Phi) is 7.71. The maximum Gasteiger partial charge on any atom is 0.335 e. The highest BCUT2D eigenvalue weighted by atomic mass is 35.5. The summed E-state index contributed by atoms with van der Waals surface area (Å²) in [5, 5.41) is 2.65. The van der Waals surface area contributed by atoms with Crippen molar-refractivity contribution >= 4 is 52.8 Å². The standard InChI is InChI=1S/C23H22Cl2N2O4/c1-2-3-4-5-12-31-17-9-6-15(7-10-17)13-18-21(28)26-23(30)27(22(18)29)16-8-11-19(24)20(25)14-16/h6-11,13-14H,2-5,12H2,1H3,(H,26,28,30)/b18-13-. The molecule has 0 unspecified atom stereocenters. The molecule has 0 saturated carbocycles. The fourth-order valence-corrected chi connectivity index (χ4v) is 3.35. The number of ether oxygens (including phenoxy) is 1. The summed E-state index contributed by atoms with van der Waals surface area (Å²) >= 11 is 11.9. The Morgan fingerprint density at radius 2 is 1.71 bits per heavy atom. The molecule has 0 bridgehead atoms. The average Bonchev–Trinajstić information content (AvgIpc) is 2.74. The van der Waals surface area contributed by atoms with Crippen LogP contribution in [0.3, 0.4) is 0 Å². The van der Waals surface area contributed by atoms with Gasteiger partial charge >= 0.3 is 6.03 Å². The van der Waals surface area contributed by atoms with E-state index in [0.717, 1.165) is 17.7 Å². The lowest BCUT2D eigenvalue weighted by molar-refractivity contribution is -0.122. The van der Waals surface area contributed by atoms with Crippen molar-refractivity contribution in [3.63, 3.8) is 0 Å². The summed E-state index contributed by atoms with van der Waals surface area (Å²) in [6.45, 7) is 2.80. The van der Waals surface area contributed by atoms with E-state index in [9.17, 15) is 14.4 Å². The number of halogens is 2. The van der Waals surface area contributed by atoms with Gasteiger partial charge < -0.3 is 4.74 Å². The van der Waals surface area contributed by atoms with Crippen molar-refractivity contribution in [3.05, 3.63) is 63.6 Å². The minimum absolute atomic E-state index is 0.168. The normalized spacial score (nSPS) is 15.4. The second-order valence-corrected chi connectivity index (χ2v) is 7.85. The Morgan fingerprint density at radius 3 is 2.39 bits per heavy atom. The fourth-order valence-electron chi connectivity index (χ4n) is 3.06. The Labute approximate surface area is 190 Å². The highest BCUT2D eigenvalue weighted by Crippen LogP contribution is 2.29. The summed E-state index contributed by atoms with van der Waals surface area (Å²) in [4.78, 5) is 38.3. The number of benzene rings is 2. The third-order valence-electron chi connectivity index (χ3n) is 4.72. The van der Waals surface area contributed by atoms with Gasteiger partial charge in [-0.25, -0.2) is 9.69 Å². The minimum atomic E-state index is -0.850. The van der Waals surface area contributed by atoms with Crippen molar-refractivity contribution in [2.75, 3.05) is 11.5 Å². The number of anilines is 1. The van der Waals surface area contributed by atoms with Crippen LogP contribution in [0.25, 0.3) is 6.08 Å². The van der Waals surface area contributed by atoms with E-state index in [1.54, 1.807) is 24.3 Å². The van der Waals surface area contributed by atoms with E-state index in [2.05, 4.69) is 12.2 Å². The number of hydrogen-bond acceptors (Lipinski definition) is 4. The molecule has 2 aromatic rings. The van der Waals surface area contributed by atoms with E-state index in [1.165, 1.54) is 37.1 Å². The van der Waals surface area contributed by atoms with Crippen LogP contribution >= 0.6 is 23.2 Å². The number of carbonyl (C=O) groups excluding carboxylic acids is 3. The molecular weight excluding hydrogens is 439 g/mol. The second-order valence-electron chi connectivity index (χ2n) is 7.03. The lowest BCUT2D eigenvalue weighted by Gasteiger charge is -2.26. The Morgan fingerprint density at radius 1 is 0.968 bits per heavy atom. The van der Waals surface area contributed by atoms with Gasteiger partial charge in [0.1, 0.15) is 11.3 Å². The molecule has 162 valence electrons. The Hall–Kier alpha value is -2.83. The molecule has 1 saturated heterocycles. The first-order valence-electron chi connectivity index (χ1n) is 10.00. The van der Waals surface area contributed by atoms with Crippen molar-refractivity contribution in [1.82, 2.24) is 5.32 Å². The van der Waals surface area contributed by atoms with Crippen LogP contribution in [-0.4, -0.2) is 24.5 Å². The maximum absolute atomic E-state index is 12.9. The van der Waals surface area contributed by atoms with E-state index in [0.29, 0.717) is 17.9 Å². The van der Waals surface area contributed by atoms with Gasteiger partial charge in [0.05, 0.1) is 22.3 Å². The first-order chi connectivity index (χ1) is 14.9. The van der Waals surface area contributed by atoms with Gasteiger partial charge in [0, 0.05) is 0 Å². The first-order valence-corrected chi connectivity index (χ1v) is 10.8. The number of unbranched alkanes of at least 4 members (excludes halogenated alkanes) is 3. The number of nitrogens with zero attached hydrogens (tertiary/aromatic N) is 1. The van der Waals surface area contributed by atoms with Crippen molar-refractivity contribution < 1.29 is 19.1 Å². The molecule has 1 fully saturated rings. The van der Waals surface area contributed by atoms with Crippen molar-refractivity contribution in [2.45, 2.75) is 32.6 Å². The van der Waals surface area contributed by atoms with Crippen LogP contribution in [0.1, 0.15) is 38.2 Å². The zero-order valence-electron chi connectivity index (χ0n) is 17.0. The molecule has 2 aromatic carbocycles. The highest BCUT2D eigenvalue weighted by Gasteiger charge is 2.37. The van der Waals surface area contributed by atoms with Crippen LogP contribution in [-0.2, 0) is 9.59 Å². The Balaban J connectivity index is 1.76. The molecular formula is C23H22Cl2N2O4. The third kappa shape index (κ3) is 5.66. The number of barbiturate groups is 1. The summed E-state index contributed by atoms with van der Waals surface area (Å²) in [6.07, 6.45) is 5.91. The van der Waals surface area contributed by atoms with Crippen molar-refractivity contribution in [2.24, 2.45) is 0 Å². The second kappa shape index (κ2) is 10.5. The van der Waals surface area contributed by atoms with Gasteiger partial charge in [-0.05, 0) is 48.4 Å². The minimum Gasteiger partial charge on any atom is -0.494 e. The van der Waals surface area contributed by atoms with Crippen LogP contribution in [0.5, 0.6) is 5.75 Å². The van der Waals surface area contributed by atoms with E-state index < -0.39 is 17.8 Å². The lowest BCUT2D eigenvalue weighted by atomic mass is 10.1. The molecule has 1 aliphatic heterocycles. The molecule has 0 atom stereocenters. The topological polar surface area (TPSA) is 75.7 Å². The molecule has 0 spiro atoms. The fraction of sp³-hybridized carbons (Fsp3) is 0.261. The quantitative estimate of drug-likeness (QED) is 0.315.